The summed E-state index contributed by atoms with van der Waals surface area (Å²) in [6.45, 7) is 5.35. The second-order valence-corrected chi connectivity index (χ2v) is 8.88. The first-order chi connectivity index (χ1) is 14.9. The molecule has 1 aliphatic rings. The van der Waals surface area contributed by atoms with Gasteiger partial charge in [0.05, 0.1) is 22.0 Å². The minimum Gasteiger partial charge on any atom is -0.318 e. The highest BCUT2D eigenvalue weighted by Crippen LogP contribution is 2.30. The number of carbonyl (C=O) groups is 2. The van der Waals surface area contributed by atoms with Gasteiger partial charge in [-0.1, -0.05) is 35.1 Å². The number of Topliss-reactive ketones (excluding diaryl/α,β-unsaturated/α-hetero) is 1. The Bertz CT molecular complexity index is 1100. The van der Waals surface area contributed by atoms with Gasteiger partial charge >= 0.3 is 6.03 Å². The number of thiazole rings is 1. The lowest BCUT2D eigenvalue weighted by Gasteiger charge is -2.17. The van der Waals surface area contributed by atoms with E-state index in [-0.39, 0.29) is 11.8 Å². The highest BCUT2D eigenvalue weighted by molar-refractivity contribution is 7.17. The predicted octanol–water partition coefficient (Wildman–Crippen LogP) is 4.46. The van der Waals surface area contributed by atoms with Gasteiger partial charge in [-0.05, 0) is 38.0 Å². The Morgan fingerprint density at radius 3 is 2.61 bits per heavy atom. The van der Waals surface area contributed by atoms with Crippen molar-refractivity contribution >= 4 is 39.9 Å². The zero-order chi connectivity index (χ0) is 22.0. The minimum absolute atomic E-state index is 0.00768. The monoisotopic (exact) mass is 455 g/mol. The third kappa shape index (κ3) is 4.91. The Morgan fingerprint density at radius 2 is 1.90 bits per heavy atom. The highest BCUT2D eigenvalue weighted by atomic mass is 35.5. The Balaban J connectivity index is 1.40. The third-order valence-electron chi connectivity index (χ3n) is 5.09. The molecule has 3 heterocycles. The summed E-state index contributed by atoms with van der Waals surface area (Å²) < 4.78 is 0. The van der Waals surface area contributed by atoms with Crippen molar-refractivity contribution in [1.29, 1.82) is 0 Å². The van der Waals surface area contributed by atoms with Crippen LogP contribution in [0.2, 0.25) is 5.02 Å². The fraction of sp³-hybridized carbons (Fsp3) is 0.318. The number of nitrogens with zero attached hydrogens (tertiary/aromatic N) is 5. The summed E-state index contributed by atoms with van der Waals surface area (Å²) in [5, 5.41) is 1.24. The largest absolute Gasteiger partial charge is 0.326 e. The van der Waals surface area contributed by atoms with Gasteiger partial charge in [-0.3, -0.25) is 19.7 Å². The summed E-state index contributed by atoms with van der Waals surface area (Å²) in [6, 6.07) is 7.37. The van der Waals surface area contributed by atoms with Crippen LogP contribution in [0.4, 0.5) is 9.93 Å². The minimum atomic E-state index is -0.0994. The fourth-order valence-corrected chi connectivity index (χ4v) is 4.56. The van der Waals surface area contributed by atoms with Crippen molar-refractivity contribution in [2.75, 3.05) is 18.0 Å². The van der Waals surface area contributed by atoms with Crippen molar-refractivity contribution in [3.05, 3.63) is 69.2 Å². The van der Waals surface area contributed by atoms with Crippen molar-refractivity contribution in [1.82, 2.24) is 19.9 Å². The summed E-state index contributed by atoms with van der Waals surface area (Å²) >= 11 is 7.22. The van der Waals surface area contributed by atoms with E-state index in [0.29, 0.717) is 53.2 Å². The van der Waals surface area contributed by atoms with Gasteiger partial charge in [0.1, 0.15) is 0 Å². The van der Waals surface area contributed by atoms with Gasteiger partial charge < -0.3 is 4.90 Å². The van der Waals surface area contributed by atoms with E-state index < -0.39 is 0 Å². The van der Waals surface area contributed by atoms with E-state index in [9.17, 15) is 9.59 Å². The van der Waals surface area contributed by atoms with Gasteiger partial charge in [-0.25, -0.2) is 9.78 Å². The third-order valence-corrected chi connectivity index (χ3v) is 6.57. The molecule has 1 fully saturated rings. The molecule has 160 valence electrons. The van der Waals surface area contributed by atoms with E-state index in [0.717, 1.165) is 17.0 Å². The first-order valence-electron chi connectivity index (χ1n) is 10.00. The molecule has 2 aromatic heterocycles. The molecule has 31 heavy (non-hydrogen) atoms. The molecule has 0 N–H and O–H groups in total. The maximum atomic E-state index is 12.9. The zero-order valence-electron chi connectivity index (χ0n) is 17.3. The van der Waals surface area contributed by atoms with E-state index in [2.05, 4.69) is 15.0 Å². The van der Waals surface area contributed by atoms with Crippen molar-refractivity contribution in [2.24, 2.45) is 0 Å². The van der Waals surface area contributed by atoms with Crippen LogP contribution in [-0.2, 0) is 13.0 Å². The van der Waals surface area contributed by atoms with Crippen molar-refractivity contribution in [3.63, 3.8) is 0 Å². The van der Waals surface area contributed by atoms with Crippen molar-refractivity contribution in [2.45, 2.75) is 33.2 Å². The summed E-state index contributed by atoms with van der Waals surface area (Å²) in [6.07, 6.45) is 4.25. The zero-order valence-corrected chi connectivity index (χ0v) is 18.9. The standard InChI is InChI=1S/C22H22ClN5O2S/c1-14-11-25-18(12-24-14)7-8-19(29)20-15(2)26-21(31-20)28-10-9-27(22(28)30)13-16-3-5-17(23)6-4-16/h3-6,11-12H,7-10,13H2,1-2H3. The highest BCUT2D eigenvalue weighted by Gasteiger charge is 2.32. The molecule has 0 atom stereocenters. The smallest absolute Gasteiger partial charge is 0.318 e. The number of hydrogen-bond acceptors (Lipinski definition) is 6. The summed E-state index contributed by atoms with van der Waals surface area (Å²) in [4.78, 5) is 42.7. The molecule has 0 radical (unpaired) electrons. The number of benzene rings is 1. The van der Waals surface area contributed by atoms with Crippen LogP contribution in [0.3, 0.4) is 0 Å². The number of aromatic nitrogens is 3. The maximum Gasteiger partial charge on any atom is 0.326 e. The normalized spacial score (nSPS) is 13.8. The van der Waals surface area contributed by atoms with Crippen molar-refractivity contribution < 1.29 is 9.59 Å². The molecule has 7 nitrogen and oxygen atoms in total. The van der Waals surface area contributed by atoms with E-state index >= 15 is 0 Å². The predicted molar refractivity (Wildman–Crippen MR) is 121 cm³/mol. The number of carbonyl (C=O) groups excluding carboxylic acids is 2. The lowest BCUT2D eigenvalue weighted by Crippen LogP contribution is -2.31. The van der Waals surface area contributed by atoms with Crippen LogP contribution >= 0.6 is 22.9 Å². The number of aryl methyl sites for hydroxylation is 3. The van der Waals surface area contributed by atoms with Crippen LogP contribution in [0.1, 0.15) is 38.7 Å². The van der Waals surface area contributed by atoms with Crippen LogP contribution in [-0.4, -0.2) is 44.8 Å². The van der Waals surface area contributed by atoms with Gasteiger partial charge in [0.15, 0.2) is 10.9 Å². The molecule has 1 aromatic carbocycles. The molecule has 0 unspecified atom stereocenters. The molecule has 0 aliphatic carbocycles. The van der Waals surface area contributed by atoms with E-state index in [1.807, 2.05) is 38.1 Å². The molecule has 1 saturated heterocycles. The summed E-state index contributed by atoms with van der Waals surface area (Å²) in [7, 11) is 0. The molecule has 2 amide bonds. The molecule has 3 aromatic rings. The molecular weight excluding hydrogens is 434 g/mol. The number of anilines is 1. The molecule has 4 rings (SSSR count). The van der Waals surface area contributed by atoms with Crippen LogP contribution < -0.4 is 4.90 Å². The second-order valence-electron chi connectivity index (χ2n) is 7.47. The lowest BCUT2D eigenvalue weighted by atomic mass is 10.1. The molecule has 0 bridgehead atoms. The number of urea groups is 1. The van der Waals surface area contributed by atoms with Gasteiger partial charge in [-0.2, -0.15) is 0 Å². The van der Waals surface area contributed by atoms with E-state index in [4.69, 9.17) is 11.6 Å². The van der Waals surface area contributed by atoms with E-state index in [1.54, 1.807) is 22.2 Å². The van der Waals surface area contributed by atoms with Crippen LogP contribution in [0, 0.1) is 13.8 Å². The number of hydrogen-bond donors (Lipinski definition) is 0. The number of ketones is 1. The summed E-state index contributed by atoms with van der Waals surface area (Å²) in [5.74, 6) is 0.00768. The quantitative estimate of drug-likeness (QED) is 0.491. The molecule has 0 saturated carbocycles. The average Bonchev–Trinajstić information content (AvgIpc) is 3.31. The number of rotatable bonds is 7. The first-order valence-corrected chi connectivity index (χ1v) is 11.2. The van der Waals surface area contributed by atoms with Crippen molar-refractivity contribution in [3.8, 4) is 0 Å². The summed E-state index contributed by atoms with van der Waals surface area (Å²) in [5.41, 5.74) is 3.31. The lowest BCUT2D eigenvalue weighted by molar-refractivity contribution is 0.0985. The Kier molecular flexibility index (Phi) is 6.29. The first kappa shape index (κ1) is 21.4. The SMILES string of the molecule is Cc1cnc(CCC(=O)c2sc(N3CCN(Cc4ccc(Cl)cc4)C3=O)nc2C)cn1. The van der Waals surface area contributed by atoms with Gasteiger partial charge in [-0.15, -0.1) is 0 Å². The molecule has 9 heteroatoms. The Morgan fingerprint density at radius 1 is 1.13 bits per heavy atom. The van der Waals surface area contributed by atoms with Crippen LogP contribution in [0.15, 0.2) is 36.7 Å². The topological polar surface area (TPSA) is 79.3 Å². The van der Waals surface area contributed by atoms with Gasteiger partial charge in [0.2, 0.25) is 0 Å². The van der Waals surface area contributed by atoms with Gasteiger partial charge in [0, 0.05) is 43.5 Å². The molecule has 0 spiro atoms. The maximum absolute atomic E-state index is 12.9. The Hall–Kier alpha value is -2.84. The second kappa shape index (κ2) is 9.11. The molecule has 1 aliphatic heterocycles. The fourth-order valence-electron chi connectivity index (χ4n) is 3.38. The van der Waals surface area contributed by atoms with Crippen LogP contribution in [0.5, 0.6) is 0 Å². The Labute approximate surface area is 189 Å². The average molecular weight is 456 g/mol. The number of amides is 2. The van der Waals surface area contributed by atoms with Crippen LogP contribution in [0.25, 0.3) is 0 Å². The van der Waals surface area contributed by atoms with E-state index in [1.165, 1.54) is 11.3 Å². The number of halogens is 1. The van der Waals surface area contributed by atoms with Gasteiger partial charge in [0.25, 0.3) is 0 Å². The molecular formula is C22H22ClN5O2S.